The second-order valence-corrected chi connectivity index (χ2v) is 8.19. The van der Waals surface area contributed by atoms with Crippen molar-refractivity contribution in [3.8, 4) is 0 Å². The molecular formula is C20H28FIN4O3S. The summed E-state index contributed by atoms with van der Waals surface area (Å²) in [7, 11) is 1.50. The van der Waals surface area contributed by atoms with Crippen LogP contribution in [0.1, 0.15) is 11.1 Å². The van der Waals surface area contributed by atoms with Gasteiger partial charge in [-0.2, -0.15) is 0 Å². The lowest BCUT2D eigenvalue weighted by Crippen LogP contribution is -2.38. The minimum Gasteiger partial charge on any atom is -0.383 e. The first-order chi connectivity index (χ1) is 13.9. The molecule has 0 unspecified atom stereocenters. The summed E-state index contributed by atoms with van der Waals surface area (Å²) in [5, 5.41) is 3.22. The third kappa shape index (κ3) is 8.17. The van der Waals surface area contributed by atoms with Crippen LogP contribution in [0.5, 0.6) is 0 Å². The number of hydrogen-bond acceptors (Lipinski definition) is 4. The normalized spacial score (nSPS) is 11.7. The predicted molar refractivity (Wildman–Crippen MR) is 127 cm³/mol. The zero-order valence-electron chi connectivity index (χ0n) is 17.3. The molecule has 0 radical (unpaired) electrons. The second kappa shape index (κ2) is 12.8. The molecule has 2 N–H and O–H groups in total. The molecule has 2 aromatic rings. The molecular weight excluding hydrogens is 522 g/mol. The Morgan fingerprint density at radius 1 is 1.17 bits per heavy atom. The van der Waals surface area contributed by atoms with Crippen LogP contribution in [0.15, 0.2) is 58.4 Å². The van der Waals surface area contributed by atoms with Gasteiger partial charge in [-0.3, -0.25) is 4.99 Å². The van der Waals surface area contributed by atoms with E-state index in [-0.39, 0.29) is 41.2 Å². The summed E-state index contributed by atoms with van der Waals surface area (Å²) >= 11 is 0. The molecule has 0 saturated carbocycles. The van der Waals surface area contributed by atoms with Crippen molar-refractivity contribution in [1.82, 2.24) is 14.9 Å². The average molecular weight is 550 g/mol. The van der Waals surface area contributed by atoms with Crippen molar-refractivity contribution >= 4 is 40.0 Å². The van der Waals surface area contributed by atoms with Gasteiger partial charge in [0.25, 0.3) is 0 Å². The highest BCUT2D eigenvalue weighted by Gasteiger charge is 2.13. The highest BCUT2D eigenvalue weighted by atomic mass is 127. The summed E-state index contributed by atoms with van der Waals surface area (Å²) in [6.07, 6.45) is 0. The number of benzene rings is 2. The van der Waals surface area contributed by atoms with E-state index < -0.39 is 10.0 Å². The first kappa shape index (κ1) is 26.3. The smallest absolute Gasteiger partial charge is 0.240 e. The van der Waals surface area contributed by atoms with E-state index in [4.69, 9.17) is 4.74 Å². The topological polar surface area (TPSA) is 83.0 Å². The van der Waals surface area contributed by atoms with Gasteiger partial charge in [-0.25, -0.2) is 17.5 Å². The monoisotopic (exact) mass is 550 g/mol. The van der Waals surface area contributed by atoms with Crippen molar-refractivity contribution in [2.75, 3.05) is 34.4 Å². The maximum Gasteiger partial charge on any atom is 0.240 e. The fraction of sp³-hybridized carbons (Fsp3) is 0.350. The van der Waals surface area contributed by atoms with Crippen molar-refractivity contribution in [2.24, 2.45) is 4.99 Å². The average Bonchev–Trinajstić information content (AvgIpc) is 2.69. The van der Waals surface area contributed by atoms with Crippen LogP contribution in [0.3, 0.4) is 0 Å². The summed E-state index contributed by atoms with van der Waals surface area (Å²) in [6, 6.07) is 13.0. The van der Waals surface area contributed by atoms with Gasteiger partial charge in [0, 0.05) is 40.8 Å². The molecule has 0 atom stereocenters. The van der Waals surface area contributed by atoms with E-state index in [0.717, 1.165) is 11.1 Å². The number of aliphatic imine (C=N–C) groups is 1. The maximum absolute atomic E-state index is 13.4. The molecule has 0 aliphatic rings. The van der Waals surface area contributed by atoms with Gasteiger partial charge >= 0.3 is 0 Å². The van der Waals surface area contributed by atoms with Gasteiger partial charge in [-0.1, -0.05) is 24.3 Å². The standard InChI is InChI=1S/C20H27FN4O3S.HI/c1-22-20(25(2)15-17-5-4-6-18(21)13-17)23-14-16-7-9-19(10-8-16)29(26,27)24-11-12-28-3;/h4-10,13,24H,11-12,14-15H2,1-3H3,(H,22,23);1H. The molecule has 0 aromatic heterocycles. The molecule has 0 heterocycles. The number of nitrogens with zero attached hydrogens (tertiary/aromatic N) is 2. The van der Waals surface area contributed by atoms with Crippen molar-refractivity contribution in [1.29, 1.82) is 0 Å². The number of halogens is 2. The Bertz CT molecular complexity index is 924. The highest BCUT2D eigenvalue weighted by molar-refractivity contribution is 14.0. The lowest BCUT2D eigenvalue weighted by molar-refractivity contribution is 0.204. The van der Waals surface area contributed by atoms with Crippen LogP contribution in [0.2, 0.25) is 0 Å². The van der Waals surface area contributed by atoms with Gasteiger partial charge < -0.3 is 15.0 Å². The third-order valence-electron chi connectivity index (χ3n) is 4.16. The lowest BCUT2D eigenvalue weighted by Gasteiger charge is -2.22. The fourth-order valence-corrected chi connectivity index (χ4v) is 3.71. The summed E-state index contributed by atoms with van der Waals surface area (Å²) in [5.41, 5.74) is 1.74. The van der Waals surface area contributed by atoms with Crippen LogP contribution in [0, 0.1) is 5.82 Å². The van der Waals surface area contributed by atoms with E-state index in [2.05, 4.69) is 15.0 Å². The molecule has 166 valence electrons. The number of nitrogens with one attached hydrogen (secondary N) is 2. The molecule has 0 aliphatic carbocycles. The maximum atomic E-state index is 13.4. The Morgan fingerprint density at radius 3 is 2.47 bits per heavy atom. The van der Waals surface area contributed by atoms with E-state index in [1.165, 1.54) is 19.2 Å². The minimum absolute atomic E-state index is 0. The van der Waals surface area contributed by atoms with Gasteiger partial charge in [-0.15, -0.1) is 24.0 Å². The zero-order valence-corrected chi connectivity index (χ0v) is 20.4. The van der Waals surface area contributed by atoms with Gasteiger partial charge in [0.2, 0.25) is 10.0 Å². The summed E-state index contributed by atoms with van der Waals surface area (Å²) in [6.45, 7) is 1.50. The molecule has 0 aliphatic heterocycles. The first-order valence-electron chi connectivity index (χ1n) is 9.09. The van der Waals surface area contributed by atoms with Crippen molar-refractivity contribution in [3.63, 3.8) is 0 Å². The molecule has 10 heteroatoms. The fourth-order valence-electron chi connectivity index (χ4n) is 2.70. The molecule has 0 saturated heterocycles. The van der Waals surface area contributed by atoms with Gasteiger partial charge in [0.1, 0.15) is 5.82 Å². The van der Waals surface area contributed by atoms with Gasteiger partial charge in [0.15, 0.2) is 5.96 Å². The molecule has 2 aromatic carbocycles. The van der Waals surface area contributed by atoms with Crippen molar-refractivity contribution in [3.05, 3.63) is 65.5 Å². The van der Waals surface area contributed by atoms with E-state index in [0.29, 0.717) is 25.7 Å². The Labute approximate surface area is 194 Å². The Morgan fingerprint density at radius 2 is 1.87 bits per heavy atom. The highest BCUT2D eigenvalue weighted by Crippen LogP contribution is 2.11. The lowest BCUT2D eigenvalue weighted by atomic mass is 10.2. The van der Waals surface area contributed by atoms with Crippen molar-refractivity contribution in [2.45, 2.75) is 18.0 Å². The minimum atomic E-state index is -3.55. The van der Waals surface area contributed by atoms with Gasteiger partial charge in [-0.05, 0) is 35.4 Å². The van der Waals surface area contributed by atoms with E-state index in [9.17, 15) is 12.8 Å². The molecule has 0 fully saturated rings. The van der Waals surface area contributed by atoms with Crippen LogP contribution in [-0.4, -0.2) is 53.6 Å². The van der Waals surface area contributed by atoms with E-state index in [1.54, 1.807) is 37.4 Å². The Balaban J connectivity index is 0.00000450. The van der Waals surface area contributed by atoms with Crippen LogP contribution in [0.4, 0.5) is 4.39 Å². The number of ether oxygens (including phenoxy) is 1. The molecule has 2 rings (SSSR count). The van der Waals surface area contributed by atoms with Crippen LogP contribution >= 0.6 is 24.0 Å². The van der Waals surface area contributed by atoms with Crippen LogP contribution < -0.4 is 10.0 Å². The predicted octanol–water partition coefficient (Wildman–Crippen LogP) is 2.58. The summed E-state index contributed by atoms with van der Waals surface area (Å²) < 4.78 is 45.0. The molecule has 7 nitrogen and oxygen atoms in total. The third-order valence-corrected chi connectivity index (χ3v) is 5.64. The number of methoxy groups -OCH3 is 1. The van der Waals surface area contributed by atoms with Crippen molar-refractivity contribution < 1.29 is 17.5 Å². The molecule has 30 heavy (non-hydrogen) atoms. The summed E-state index contributed by atoms with van der Waals surface area (Å²) in [4.78, 5) is 6.32. The number of hydrogen-bond donors (Lipinski definition) is 2. The molecule has 0 spiro atoms. The zero-order chi connectivity index (χ0) is 21.3. The second-order valence-electron chi connectivity index (χ2n) is 6.42. The molecule has 0 amide bonds. The van der Waals surface area contributed by atoms with Crippen LogP contribution in [0.25, 0.3) is 0 Å². The number of sulfonamides is 1. The molecule has 0 bridgehead atoms. The first-order valence-corrected chi connectivity index (χ1v) is 10.6. The van der Waals surface area contributed by atoms with Crippen LogP contribution in [-0.2, 0) is 27.8 Å². The van der Waals surface area contributed by atoms with E-state index >= 15 is 0 Å². The van der Waals surface area contributed by atoms with Gasteiger partial charge in [0.05, 0.1) is 11.5 Å². The number of rotatable bonds is 9. The Kier molecular flexibility index (Phi) is 11.2. The summed E-state index contributed by atoms with van der Waals surface area (Å²) in [5.74, 6) is 0.373. The van der Waals surface area contributed by atoms with E-state index in [1.807, 2.05) is 18.0 Å². The Hall–Kier alpha value is -1.76. The quantitative estimate of drug-likeness (QED) is 0.217. The largest absolute Gasteiger partial charge is 0.383 e. The SMILES string of the molecule is CN=C(NCc1ccc(S(=O)(=O)NCCOC)cc1)N(C)Cc1cccc(F)c1.I. The number of guanidine groups is 1.